The van der Waals surface area contributed by atoms with Gasteiger partial charge in [0.05, 0.1) is 12.2 Å². The maximum Gasteiger partial charge on any atom is 0.236 e. The van der Waals surface area contributed by atoms with Crippen LogP contribution >= 0.6 is 0 Å². The normalized spacial score (nSPS) is 11.4. The number of para-hydroxylation sites is 1. The van der Waals surface area contributed by atoms with Crippen LogP contribution in [0.1, 0.15) is 33.3 Å². The third-order valence-corrected chi connectivity index (χ3v) is 2.92. The zero-order valence-electron chi connectivity index (χ0n) is 12.7. The summed E-state index contributed by atoms with van der Waals surface area (Å²) in [7, 11) is 0. The molecule has 0 fully saturated rings. The van der Waals surface area contributed by atoms with Crippen LogP contribution in [0.5, 0.6) is 0 Å². The van der Waals surface area contributed by atoms with Crippen LogP contribution in [0.25, 0.3) is 0 Å². The third-order valence-electron chi connectivity index (χ3n) is 2.92. The molecule has 1 rings (SSSR count). The number of anilines is 1. The third kappa shape index (κ3) is 4.81. The molecular weight excluding hydrogens is 257 g/mol. The maximum absolute atomic E-state index is 14.1. The number of primary amides is 1. The highest BCUT2D eigenvalue weighted by Crippen LogP contribution is 2.24. The molecule has 5 heteroatoms. The van der Waals surface area contributed by atoms with Gasteiger partial charge in [-0.2, -0.15) is 0 Å². The first-order valence-electron chi connectivity index (χ1n) is 6.80. The van der Waals surface area contributed by atoms with Crippen molar-refractivity contribution in [3.63, 3.8) is 0 Å². The van der Waals surface area contributed by atoms with Crippen molar-refractivity contribution < 1.29 is 9.18 Å². The van der Waals surface area contributed by atoms with Crippen LogP contribution in [0, 0.1) is 5.82 Å². The fourth-order valence-corrected chi connectivity index (χ4v) is 1.95. The van der Waals surface area contributed by atoms with E-state index in [1.54, 1.807) is 11.0 Å². The van der Waals surface area contributed by atoms with Gasteiger partial charge in [0.1, 0.15) is 5.82 Å². The van der Waals surface area contributed by atoms with Crippen molar-refractivity contribution >= 4 is 11.6 Å². The van der Waals surface area contributed by atoms with E-state index < -0.39 is 5.91 Å². The van der Waals surface area contributed by atoms with Crippen LogP contribution in [0.2, 0.25) is 0 Å². The molecule has 0 unspecified atom stereocenters. The fourth-order valence-electron chi connectivity index (χ4n) is 1.95. The zero-order chi connectivity index (χ0) is 15.3. The van der Waals surface area contributed by atoms with Gasteiger partial charge in [0.2, 0.25) is 5.91 Å². The Balaban J connectivity index is 3.06. The van der Waals surface area contributed by atoms with E-state index in [9.17, 15) is 9.18 Å². The average Bonchev–Trinajstić information content (AvgIpc) is 2.33. The van der Waals surface area contributed by atoms with Gasteiger partial charge in [-0.05, 0) is 39.3 Å². The van der Waals surface area contributed by atoms with E-state index in [-0.39, 0.29) is 17.9 Å². The van der Waals surface area contributed by atoms with Crippen LogP contribution in [-0.2, 0) is 11.3 Å². The minimum absolute atomic E-state index is 0.0138. The number of nitrogens with zero attached hydrogens (tertiary/aromatic N) is 1. The van der Waals surface area contributed by atoms with Crippen molar-refractivity contribution in [2.45, 2.75) is 39.8 Å². The van der Waals surface area contributed by atoms with E-state index in [1.165, 1.54) is 6.07 Å². The van der Waals surface area contributed by atoms with Gasteiger partial charge in [-0.1, -0.05) is 12.1 Å². The van der Waals surface area contributed by atoms with Gasteiger partial charge in [0.15, 0.2) is 0 Å². The molecule has 0 bridgehead atoms. The summed E-state index contributed by atoms with van der Waals surface area (Å²) in [6, 6.07) is 4.94. The number of carbonyl (C=O) groups is 1. The summed E-state index contributed by atoms with van der Waals surface area (Å²) in [4.78, 5) is 12.8. The molecule has 1 aromatic carbocycles. The molecule has 0 aromatic heterocycles. The van der Waals surface area contributed by atoms with Gasteiger partial charge >= 0.3 is 0 Å². The van der Waals surface area contributed by atoms with Crippen molar-refractivity contribution in [2.75, 3.05) is 18.0 Å². The Morgan fingerprint density at radius 1 is 1.40 bits per heavy atom. The Morgan fingerprint density at radius 2 is 2.05 bits per heavy atom. The number of carbonyl (C=O) groups excluding carboxylic acids is 1. The quantitative estimate of drug-likeness (QED) is 0.839. The van der Waals surface area contributed by atoms with Crippen LogP contribution in [0.15, 0.2) is 18.2 Å². The molecule has 0 saturated carbocycles. The van der Waals surface area contributed by atoms with E-state index in [0.717, 1.165) is 5.56 Å². The summed E-state index contributed by atoms with van der Waals surface area (Å²) in [5.74, 6) is -0.800. The molecule has 0 saturated heterocycles. The lowest BCUT2D eigenvalue weighted by Crippen LogP contribution is -2.37. The summed E-state index contributed by atoms with van der Waals surface area (Å²) in [5.41, 5.74) is 6.44. The SMILES string of the molecule is CCN(CC(N)=O)c1c(F)cccc1CNC(C)(C)C. The molecule has 0 aliphatic carbocycles. The highest BCUT2D eigenvalue weighted by Gasteiger charge is 2.18. The molecule has 3 N–H and O–H groups in total. The highest BCUT2D eigenvalue weighted by atomic mass is 19.1. The van der Waals surface area contributed by atoms with Crippen LogP contribution in [0.3, 0.4) is 0 Å². The van der Waals surface area contributed by atoms with Gasteiger partial charge in [-0.3, -0.25) is 4.79 Å². The molecule has 0 spiro atoms. The minimum atomic E-state index is -0.468. The Hall–Kier alpha value is -1.62. The van der Waals surface area contributed by atoms with Crippen molar-refractivity contribution in [1.29, 1.82) is 0 Å². The molecule has 1 aromatic rings. The lowest BCUT2D eigenvalue weighted by molar-refractivity contribution is -0.116. The average molecular weight is 281 g/mol. The van der Waals surface area contributed by atoms with E-state index in [1.807, 2.05) is 33.8 Å². The molecule has 4 nitrogen and oxygen atoms in total. The second-order valence-corrected chi connectivity index (χ2v) is 5.83. The van der Waals surface area contributed by atoms with Crippen molar-refractivity contribution in [3.05, 3.63) is 29.6 Å². The lowest BCUT2D eigenvalue weighted by atomic mass is 10.1. The smallest absolute Gasteiger partial charge is 0.236 e. The Morgan fingerprint density at radius 3 is 2.55 bits per heavy atom. The molecule has 0 aliphatic heterocycles. The van der Waals surface area contributed by atoms with Crippen LogP contribution in [0.4, 0.5) is 10.1 Å². The van der Waals surface area contributed by atoms with Gasteiger partial charge < -0.3 is 16.0 Å². The van der Waals surface area contributed by atoms with Gasteiger partial charge in [-0.15, -0.1) is 0 Å². The monoisotopic (exact) mass is 281 g/mol. The Labute approximate surface area is 120 Å². The first-order chi connectivity index (χ1) is 9.24. The molecule has 112 valence electrons. The summed E-state index contributed by atoms with van der Waals surface area (Å²) in [5, 5.41) is 3.33. The number of nitrogens with one attached hydrogen (secondary N) is 1. The summed E-state index contributed by atoms with van der Waals surface area (Å²) in [6.07, 6.45) is 0. The number of amides is 1. The second-order valence-electron chi connectivity index (χ2n) is 5.83. The predicted octanol–water partition coefficient (Wildman–Crippen LogP) is 2.03. The number of hydrogen-bond acceptors (Lipinski definition) is 3. The summed E-state index contributed by atoms with van der Waals surface area (Å²) >= 11 is 0. The molecule has 0 radical (unpaired) electrons. The number of likely N-dealkylation sites (N-methyl/N-ethyl adjacent to an activating group) is 1. The number of nitrogens with two attached hydrogens (primary N) is 1. The predicted molar refractivity (Wildman–Crippen MR) is 80.1 cm³/mol. The number of rotatable bonds is 6. The van der Waals surface area contributed by atoms with E-state index in [4.69, 9.17) is 5.73 Å². The molecule has 0 atom stereocenters. The number of halogens is 1. The summed E-state index contributed by atoms with van der Waals surface area (Å²) < 4.78 is 14.1. The topological polar surface area (TPSA) is 58.4 Å². The Bertz CT molecular complexity index is 469. The molecular formula is C15H24FN3O. The lowest BCUT2D eigenvalue weighted by Gasteiger charge is -2.27. The summed E-state index contributed by atoms with van der Waals surface area (Å²) in [6.45, 7) is 9.08. The molecule has 20 heavy (non-hydrogen) atoms. The molecule has 0 aliphatic rings. The second kappa shape index (κ2) is 6.70. The van der Waals surface area contributed by atoms with Gasteiger partial charge in [-0.25, -0.2) is 4.39 Å². The van der Waals surface area contributed by atoms with Crippen molar-refractivity contribution in [3.8, 4) is 0 Å². The van der Waals surface area contributed by atoms with Crippen molar-refractivity contribution in [2.24, 2.45) is 5.73 Å². The molecule has 1 amide bonds. The van der Waals surface area contributed by atoms with E-state index >= 15 is 0 Å². The zero-order valence-corrected chi connectivity index (χ0v) is 12.7. The standard InChI is InChI=1S/C15H24FN3O/c1-5-19(10-13(17)20)14-11(7-6-8-12(14)16)9-18-15(2,3)4/h6-8,18H,5,9-10H2,1-4H3,(H2,17,20). The first-order valence-corrected chi connectivity index (χ1v) is 6.80. The highest BCUT2D eigenvalue weighted by molar-refractivity contribution is 5.80. The van der Waals surface area contributed by atoms with Crippen molar-refractivity contribution in [1.82, 2.24) is 5.32 Å². The fraction of sp³-hybridized carbons (Fsp3) is 0.533. The van der Waals surface area contributed by atoms with E-state index in [0.29, 0.717) is 18.8 Å². The maximum atomic E-state index is 14.1. The Kier molecular flexibility index (Phi) is 5.51. The number of hydrogen-bond donors (Lipinski definition) is 2. The first kappa shape index (κ1) is 16.4. The van der Waals surface area contributed by atoms with Gasteiger partial charge in [0.25, 0.3) is 0 Å². The minimum Gasteiger partial charge on any atom is -0.368 e. The largest absolute Gasteiger partial charge is 0.368 e. The van der Waals surface area contributed by atoms with E-state index in [2.05, 4.69) is 5.32 Å². The number of benzene rings is 1. The van der Waals surface area contributed by atoms with Gasteiger partial charge in [0, 0.05) is 18.6 Å². The molecule has 0 heterocycles. The van der Waals surface area contributed by atoms with Crippen LogP contribution in [-0.4, -0.2) is 24.5 Å². The van der Waals surface area contributed by atoms with Crippen LogP contribution < -0.4 is 16.0 Å².